The quantitative estimate of drug-likeness (QED) is 0.722. The predicted molar refractivity (Wildman–Crippen MR) is 105 cm³/mol. The van der Waals surface area contributed by atoms with Crippen molar-refractivity contribution >= 4 is 34.8 Å². The smallest absolute Gasteiger partial charge is 0.274 e. The topological polar surface area (TPSA) is 58.1 Å². The maximum absolute atomic E-state index is 12.7. The summed E-state index contributed by atoms with van der Waals surface area (Å²) < 4.78 is 0. The van der Waals surface area contributed by atoms with Gasteiger partial charge in [-0.3, -0.25) is 4.79 Å². The first kappa shape index (κ1) is 17.9. The van der Waals surface area contributed by atoms with E-state index >= 15 is 0 Å². The monoisotopic (exact) mass is 366 g/mol. The number of para-hydroxylation sites is 1. The van der Waals surface area contributed by atoms with Crippen molar-refractivity contribution in [1.82, 2.24) is 9.97 Å². The summed E-state index contributed by atoms with van der Waals surface area (Å²) in [7, 11) is 1.87. The van der Waals surface area contributed by atoms with Gasteiger partial charge in [0.2, 0.25) is 5.95 Å². The molecule has 0 aliphatic heterocycles. The first-order valence-corrected chi connectivity index (χ1v) is 8.54. The minimum Gasteiger partial charge on any atom is -0.320 e. The third-order valence-electron chi connectivity index (χ3n) is 3.97. The Kier molecular flexibility index (Phi) is 5.19. The lowest BCUT2D eigenvalue weighted by Crippen LogP contribution is -2.19. The number of carbonyl (C=O) groups excluding carboxylic acids is 1. The number of anilines is 3. The Balaban J connectivity index is 1.89. The molecule has 2 aromatic carbocycles. The second-order valence-electron chi connectivity index (χ2n) is 6.00. The van der Waals surface area contributed by atoms with Crippen molar-refractivity contribution in [2.75, 3.05) is 17.3 Å². The molecule has 1 amide bonds. The standard InChI is InChI=1S/C20H19ClN4O/c1-13-9-10-15(21)12-17(13)23-19(26)18-11-14(2)22-20(24-18)25(3)16-7-5-4-6-8-16/h4-12H,1-3H3,(H,23,26). The van der Waals surface area contributed by atoms with Crippen LogP contribution in [0.4, 0.5) is 17.3 Å². The molecule has 132 valence electrons. The van der Waals surface area contributed by atoms with Crippen LogP contribution >= 0.6 is 11.6 Å². The molecule has 0 atom stereocenters. The Bertz CT molecular complexity index is 944. The maximum Gasteiger partial charge on any atom is 0.274 e. The lowest BCUT2D eigenvalue weighted by molar-refractivity contribution is 0.102. The van der Waals surface area contributed by atoms with E-state index in [1.165, 1.54) is 0 Å². The van der Waals surface area contributed by atoms with Gasteiger partial charge in [0, 0.05) is 29.1 Å². The zero-order valence-electron chi connectivity index (χ0n) is 14.8. The van der Waals surface area contributed by atoms with Crippen LogP contribution in [0.25, 0.3) is 0 Å². The van der Waals surface area contributed by atoms with E-state index in [4.69, 9.17) is 11.6 Å². The Morgan fingerprint density at radius 3 is 2.50 bits per heavy atom. The fourth-order valence-corrected chi connectivity index (χ4v) is 2.67. The molecule has 1 heterocycles. The summed E-state index contributed by atoms with van der Waals surface area (Å²) in [5.41, 5.74) is 3.54. The molecule has 1 N–H and O–H groups in total. The van der Waals surface area contributed by atoms with Gasteiger partial charge in [-0.15, -0.1) is 0 Å². The number of benzene rings is 2. The Labute approximate surface area is 157 Å². The van der Waals surface area contributed by atoms with Gasteiger partial charge in [0.25, 0.3) is 5.91 Å². The van der Waals surface area contributed by atoms with Gasteiger partial charge in [-0.25, -0.2) is 9.97 Å². The average Bonchev–Trinajstić information content (AvgIpc) is 2.64. The molecule has 0 unspecified atom stereocenters. The van der Waals surface area contributed by atoms with E-state index in [2.05, 4.69) is 15.3 Å². The van der Waals surface area contributed by atoms with E-state index in [0.29, 0.717) is 28.0 Å². The minimum atomic E-state index is -0.302. The zero-order chi connectivity index (χ0) is 18.7. The second-order valence-corrected chi connectivity index (χ2v) is 6.44. The second kappa shape index (κ2) is 7.54. The number of nitrogens with zero attached hydrogens (tertiary/aromatic N) is 3. The Hall–Kier alpha value is -2.92. The summed E-state index contributed by atoms with van der Waals surface area (Å²) >= 11 is 6.02. The molecule has 26 heavy (non-hydrogen) atoms. The highest BCUT2D eigenvalue weighted by Crippen LogP contribution is 2.22. The van der Waals surface area contributed by atoms with E-state index in [0.717, 1.165) is 11.3 Å². The van der Waals surface area contributed by atoms with Gasteiger partial charge in [0.15, 0.2) is 0 Å². The lowest BCUT2D eigenvalue weighted by Gasteiger charge is -2.18. The van der Waals surface area contributed by atoms with Gasteiger partial charge in [-0.1, -0.05) is 35.9 Å². The minimum absolute atomic E-state index is 0.301. The molecule has 3 aromatic rings. The zero-order valence-corrected chi connectivity index (χ0v) is 15.6. The SMILES string of the molecule is Cc1cc(C(=O)Nc2cc(Cl)ccc2C)nc(N(C)c2ccccc2)n1. The highest BCUT2D eigenvalue weighted by molar-refractivity contribution is 6.31. The number of aromatic nitrogens is 2. The molecule has 5 nitrogen and oxygen atoms in total. The Morgan fingerprint density at radius 1 is 1.04 bits per heavy atom. The van der Waals surface area contributed by atoms with Crippen LogP contribution in [0.3, 0.4) is 0 Å². The fraction of sp³-hybridized carbons (Fsp3) is 0.150. The third kappa shape index (κ3) is 4.00. The van der Waals surface area contributed by atoms with Crippen LogP contribution < -0.4 is 10.2 Å². The van der Waals surface area contributed by atoms with Crippen molar-refractivity contribution in [2.24, 2.45) is 0 Å². The molecular formula is C20H19ClN4O. The van der Waals surface area contributed by atoms with Gasteiger partial charge in [-0.05, 0) is 49.7 Å². The third-order valence-corrected chi connectivity index (χ3v) is 4.20. The molecule has 1 aromatic heterocycles. The summed E-state index contributed by atoms with van der Waals surface area (Å²) in [6.45, 7) is 3.75. The van der Waals surface area contributed by atoms with Crippen molar-refractivity contribution in [3.63, 3.8) is 0 Å². The molecule has 0 aliphatic rings. The number of amides is 1. The molecule has 6 heteroatoms. The summed E-state index contributed by atoms with van der Waals surface area (Å²) in [6.07, 6.45) is 0. The first-order valence-electron chi connectivity index (χ1n) is 8.16. The first-order chi connectivity index (χ1) is 12.4. The molecular weight excluding hydrogens is 348 g/mol. The maximum atomic E-state index is 12.7. The normalized spacial score (nSPS) is 10.5. The van der Waals surface area contributed by atoms with Crippen molar-refractivity contribution in [3.05, 3.63) is 76.6 Å². The predicted octanol–water partition coefficient (Wildman–Crippen LogP) is 4.77. The number of halogens is 1. The largest absolute Gasteiger partial charge is 0.320 e. The number of nitrogens with one attached hydrogen (secondary N) is 1. The molecule has 0 bridgehead atoms. The molecule has 0 saturated heterocycles. The van der Waals surface area contributed by atoms with E-state index in [9.17, 15) is 4.79 Å². The lowest BCUT2D eigenvalue weighted by atomic mass is 10.2. The summed E-state index contributed by atoms with van der Waals surface area (Å²) in [5.74, 6) is 0.160. The molecule has 0 saturated carbocycles. The van der Waals surface area contributed by atoms with E-state index in [1.54, 1.807) is 18.2 Å². The van der Waals surface area contributed by atoms with Crippen LogP contribution in [0.15, 0.2) is 54.6 Å². The number of hydrogen-bond donors (Lipinski definition) is 1. The molecule has 0 radical (unpaired) electrons. The van der Waals surface area contributed by atoms with Gasteiger partial charge < -0.3 is 10.2 Å². The van der Waals surface area contributed by atoms with Crippen LogP contribution in [0.2, 0.25) is 5.02 Å². The number of hydrogen-bond acceptors (Lipinski definition) is 4. The van der Waals surface area contributed by atoms with Gasteiger partial charge in [-0.2, -0.15) is 0 Å². The van der Waals surface area contributed by atoms with Crippen LogP contribution in [0.5, 0.6) is 0 Å². The highest BCUT2D eigenvalue weighted by Gasteiger charge is 2.15. The fourth-order valence-electron chi connectivity index (χ4n) is 2.50. The summed E-state index contributed by atoms with van der Waals surface area (Å²) in [4.78, 5) is 23.4. The molecule has 0 fully saturated rings. The number of carbonyl (C=O) groups is 1. The van der Waals surface area contributed by atoms with Crippen LogP contribution in [-0.4, -0.2) is 22.9 Å². The van der Waals surface area contributed by atoms with E-state index in [1.807, 2.05) is 62.2 Å². The number of aryl methyl sites for hydroxylation is 2. The van der Waals surface area contributed by atoms with Crippen LogP contribution in [0.1, 0.15) is 21.7 Å². The molecule has 0 spiro atoms. The van der Waals surface area contributed by atoms with E-state index in [-0.39, 0.29) is 5.91 Å². The van der Waals surface area contributed by atoms with Crippen LogP contribution in [-0.2, 0) is 0 Å². The van der Waals surface area contributed by atoms with Gasteiger partial charge >= 0.3 is 0 Å². The summed E-state index contributed by atoms with van der Waals surface area (Å²) in [5, 5.41) is 3.43. The summed E-state index contributed by atoms with van der Waals surface area (Å²) in [6, 6.07) is 16.8. The van der Waals surface area contributed by atoms with Gasteiger partial charge in [0.05, 0.1) is 0 Å². The van der Waals surface area contributed by atoms with Gasteiger partial charge in [0.1, 0.15) is 5.69 Å². The molecule has 0 aliphatic carbocycles. The van der Waals surface area contributed by atoms with Crippen molar-refractivity contribution in [1.29, 1.82) is 0 Å². The van der Waals surface area contributed by atoms with Crippen molar-refractivity contribution in [2.45, 2.75) is 13.8 Å². The average molecular weight is 367 g/mol. The van der Waals surface area contributed by atoms with Crippen molar-refractivity contribution < 1.29 is 4.79 Å². The van der Waals surface area contributed by atoms with E-state index < -0.39 is 0 Å². The molecule has 3 rings (SSSR count). The number of rotatable bonds is 4. The van der Waals surface area contributed by atoms with Crippen molar-refractivity contribution in [3.8, 4) is 0 Å². The van der Waals surface area contributed by atoms with Crippen LogP contribution in [0, 0.1) is 13.8 Å². The highest BCUT2D eigenvalue weighted by atomic mass is 35.5. The Morgan fingerprint density at radius 2 is 1.77 bits per heavy atom.